The lowest BCUT2D eigenvalue weighted by atomic mass is 10.0. The number of allylic oxidation sites excluding steroid dienone is 1. The van der Waals surface area contributed by atoms with Crippen LogP contribution in [0.25, 0.3) is 22.0 Å². The molecule has 8 heteroatoms. The van der Waals surface area contributed by atoms with Gasteiger partial charge in [-0.2, -0.15) is 0 Å². The van der Waals surface area contributed by atoms with E-state index in [0.29, 0.717) is 36.7 Å². The van der Waals surface area contributed by atoms with Crippen LogP contribution in [0.15, 0.2) is 46.9 Å². The molecule has 1 heterocycles. The largest absolute Gasteiger partial charge is 0.444 e. The van der Waals surface area contributed by atoms with Crippen LogP contribution in [0.5, 0.6) is 0 Å². The molecule has 1 aliphatic carbocycles. The summed E-state index contributed by atoms with van der Waals surface area (Å²) in [6.07, 6.45) is 0.249. The number of halogens is 2. The van der Waals surface area contributed by atoms with Crippen LogP contribution in [0.2, 0.25) is 5.02 Å². The summed E-state index contributed by atoms with van der Waals surface area (Å²) in [5, 5.41) is 4.67. The SMILES string of the molecule is CCN(CCNC(=O)C1=C(c2cc3cc(Cl)ccc3[nH]2)Cc2cc(Br)ccc21)C(=O)OC(C)(C)C. The number of hydrogen-bond donors (Lipinski definition) is 2. The number of fused-ring (bicyclic) bond motifs is 2. The molecule has 0 spiro atoms. The average molecular weight is 559 g/mol. The fourth-order valence-corrected chi connectivity index (χ4v) is 4.84. The maximum Gasteiger partial charge on any atom is 0.410 e. The van der Waals surface area contributed by atoms with Crippen molar-refractivity contribution in [3.05, 3.63) is 68.8 Å². The van der Waals surface area contributed by atoms with E-state index in [0.717, 1.165) is 37.8 Å². The van der Waals surface area contributed by atoms with E-state index >= 15 is 0 Å². The van der Waals surface area contributed by atoms with E-state index in [1.807, 2.05) is 64.1 Å². The van der Waals surface area contributed by atoms with Crippen LogP contribution in [0.1, 0.15) is 44.5 Å². The lowest BCUT2D eigenvalue weighted by Crippen LogP contribution is -2.41. The summed E-state index contributed by atoms with van der Waals surface area (Å²) in [5.74, 6) is -0.169. The monoisotopic (exact) mass is 557 g/mol. The number of carbonyl (C=O) groups excluding carboxylic acids is 2. The van der Waals surface area contributed by atoms with Gasteiger partial charge >= 0.3 is 6.09 Å². The number of H-pyrrole nitrogens is 1. The van der Waals surface area contributed by atoms with E-state index in [1.54, 1.807) is 4.90 Å². The molecule has 3 aromatic rings. The lowest BCUT2D eigenvalue weighted by molar-refractivity contribution is -0.115. The van der Waals surface area contributed by atoms with Crippen LogP contribution in [0, 0.1) is 0 Å². The van der Waals surface area contributed by atoms with Crippen molar-refractivity contribution < 1.29 is 14.3 Å². The number of hydrogen-bond acceptors (Lipinski definition) is 3. The van der Waals surface area contributed by atoms with E-state index in [9.17, 15) is 9.59 Å². The van der Waals surface area contributed by atoms with Gasteiger partial charge in [0.05, 0.1) is 5.57 Å². The molecule has 0 aliphatic heterocycles. The summed E-state index contributed by atoms with van der Waals surface area (Å²) in [6, 6.07) is 13.7. The maximum atomic E-state index is 13.5. The standard InChI is InChI=1S/C27H29BrClN3O3/c1-5-32(26(34)35-27(2,3)4)11-10-30-25(33)24-20-8-6-18(28)12-16(20)14-21(24)23-15-17-13-19(29)7-9-22(17)31-23/h6-9,12-13,15,31H,5,10-11,14H2,1-4H3,(H,30,33). The first-order valence-corrected chi connectivity index (χ1v) is 12.8. The second-order valence-corrected chi connectivity index (χ2v) is 10.9. The number of benzene rings is 2. The van der Waals surface area contributed by atoms with Gasteiger partial charge in [-0.25, -0.2) is 4.79 Å². The van der Waals surface area contributed by atoms with E-state index in [2.05, 4.69) is 32.3 Å². The van der Waals surface area contributed by atoms with Crippen molar-refractivity contribution in [3.8, 4) is 0 Å². The molecule has 0 saturated heterocycles. The zero-order valence-electron chi connectivity index (χ0n) is 20.3. The van der Waals surface area contributed by atoms with Crippen molar-refractivity contribution in [2.24, 2.45) is 0 Å². The Morgan fingerprint density at radius 2 is 1.94 bits per heavy atom. The highest BCUT2D eigenvalue weighted by Gasteiger charge is 2.29. The van der Waals surface area contributed by atoms with Gasteiger partial charge in [0.1, 0.15) is 5.60 Å². The van der Waals surface area contributed by atoms with Crippen molar-refractivity contribution >= 4 is 61.6 Å². The minimum Gasteiger partial charge on any atom is -0.444 e. The van der Waals surface area contributed by atoms with Crippen molar-refractivity contribution in [1.29, 1.82) is 0 Å². The molecule has 1 aromatic heterocycles. The number of nitrogens with zero attached hydrogens (tertiary/aromatic N) is 1. The fraction of sp³-hybridized carbons (Fsp3) is 0.333. The third kappa shape index (κ3) is 5.73. The molecule has 1 aliphatic rings. The number of rotatable bonds is 6. The zero-order valence-corrected chi connectivity index (χ0v) is 22.6. The highest BCUT2D eigenvalue weighted by molar-refractivity contribution is 9.10. The predicted octanol–water partition coefficient (Wildman–Crippen LogP) is 6.42. The van der Waals surface area contributed by atoms with Gasteiger partial charge in [0, 0.05) is 52.1 Å². The number of amides is 2. The number of nitrogens with one attached hydrogen (secondary N) is 2. The van der Waals surface area contributed by atoms with E-state index < -0.39 is 5.60 Å². The molecular formula is C27H29BrClN3O3. The summed E-state index contributed by atoms with van der Waals surface area (Å²) < 4.78 is 6.43. The number of ether oxygens (including phenoxy) is 1. The van der Waals surface area contributed by atoms with E-state index in [1.165, 1.54) is 0 Å². The fourth-order valence-electron chi connectivity index (χ4n) is 4.25. The van der Waals surface area contributed by atoms with Gasteiger partial charge in [0.2, 0.25) is 0 Å². The highest BCUT2D eigenvalue weighted by Crippen LogP contribution is 2.40. The van der Waals surface area contributed by atoms with Crippen LogP contribution in [-0.2, 0) is 16.0 Å². The summed E-state index contributed by atoms with van der Waals surface area (Å²) in [7, 11) is 0. The lowest BCUT2D eigenvalue weighted by Gasteiger charge is -2.26. The molecule has 184 valence electrons. The number of aromatic amines is 1. The Labute approximate surface area is 218 Å². The Hall–Kier alpha value is -2.77. The maximum absolute atomic E-state index is 13.5. The summed E-state index contributed by atoms with van der Waals surface area (Å²) >= 11 is 9.72. The second kappa shape index (κ2) is 10.1. The Morgan fingerprint density at radius 1 is 1.17 bits per heavy atom. The molecule has 4 rings (SSSR count). The smallest absolute Gasteiger partial charge is 0.410 e. The molecule has 35 heavy (non-hydrogen) atoms. The number of carbonyl (C=O) groups is 2. The molecule has 0 atom stereocenters. The minimum atomic E-state index is -0.570. The first kappa shape index (κ1) is 25.3. The summed E-state index contributed by atoms with van der Waals surface area (Å²) in [5.41, 5.74) is 4.86. The molecule has 6 nitrogen and oxygen atoms in total. The van der Waals surface area contributed by atoms with Crippen LogP contribution in [0.3, 0.4) is 0 Å². The van der Waals surface area contributed by atoms with Gasteiger partial charge in [0.25, 0.3) is 5.91 Å². The third-order valence-electron chi connectivity index (χ3n) is 5.84. The molecule has 2 aromatic carbocycles. The Balaban J connectivity index is 1.58. The topological polar surface area (TPSA) is 74.4 Å². The van der Waals surface area contributed by atoms with Gasteiger partial charge in [-0.1, -0.05) is 33.6 Å². The third-order valence-corrected chi connectivity index (χ3v) is 6.57. The molecule has 2 amide bonds. The van der Waals surface area contributed by atoms with Crippen LogP contribution in [-0.4, -0.2) is 47.1 Å². The van der Waals surface area contributed by atoms with Crippen molar-refractivity contribution in [1.82, 2.24) is 15.2 Å². The minimum absolute atomic E-state index is 0.169. The first-order valence-electron chi connectivity index (χ1n) is 11.6. The van der Waals surface area contributed by atoms with E-state index in [-0.39, 0.29) is 12.0 Å². The highest BCUT2D eigenvalue weighted by atomic mass is 79.9. The van der Waals surface area contributed by atoms with Crippen molar-refractivity contribution in [2.75, 3.05) is 19.6 Å². The van der Waals surface area contributed by atoms with Gasteiger partial charge in [-0.05, 0) is 80.8 Å². The predicted molar refractivity (Wildman–Crippen MR) is 144 cm³/mol. The summed E-state index contributed by atoms with van der Waals surface area (Å²) in [6.45, 7) is 8.56. The molecule has 0 unspecified atom stereocenters. The van der Waals surface area contributed by atoms with Crippen LogP contribution < -0.4 is 5.32 Å². The Morgan fingerprint density at radius 3 is 2.66 bits per heavy atom. The van der Waals surface area contributed by atoms with Gasteiger partial charge in [-0.3, -0.25) is 4.79 Å². The summed E-state index contributed by atoms with van der Waals surface area (Å²) in [4.78, 5) is 30.9. The average Bonchev–Trinajstić information content (AvgIpc) is 3.35. The molecule has 0 radical (unpaired) electrons. The first-order chi connectivity index (χ1) is 16.6. The molecule has 0 fully saturated rings. The van der Waals surface area contributed by atoms with Crippen LogP contribution in [0.4, 0.5) is 4.79 Å². The van der Waals surface area contributed by atoms with Gasteiger partial charge < -0.3 is 19.9 Å². The normalized spacial score (nSPS) is 13.2. The Kier molecular flexibility index (Phi) is 7.29. The molecular weight excluding hydrogens is 530 g/mol. The second-order valence-electron chi connectivity index (χ2n) is 9.56. The molecule has 0 saturated carbocycles. The quantitative estimate of drug-likeness (QED) is 0.366. The number of aromatic nitrogens is 1. The van der Waals surface area contributed by atoms with Gasteiger partial charge in [0.15, 0.2) is 0 Å². The van der Waals surface area contributed by atoms with Crippen molar-refractivity contribution in [3.63, 3.8) is 0 Å². The Bertz CT molecular complexity index is 1320. The molecule has 0 bridgehead atoms. The van der Waals surface area contributed by atoms with Crippen LogP contribution >= 0.6 is 27.5 Å². The van der Waals surface area contributed by atoms with E-state index in [4.69, 9.17) is 16.3 Å². The zero-order chi connectivity index (χ0) is 25.3. The van der Waals surface area contributed by atoms with Gasteiger partial charge in [-0.15, -0.1) is 0 Å². The van der Waals surface area contributed by atoms with Crippen molar-refractivity contribution in [2.45, 2.75) is 39.7 Å². The number of likely N-dealkylation sites (N-methyl/N-ethyl adjacent to an activating group) is 1. The molecule has 2 N–H and O–H groups in total.